The van der Waals surface area contributed by atoms with Gasteiger partial charge in [-0.2, -0.15) is 0 Å². The molecule has 0 atom stereocenters. The fraction of sp³-hybridized carbons (Fsp3) is 0. The van der Waals surface area contributed by atoms with E-state index in [4.69, 9.17) is 4.74 Å². The lowest BCUT2D eigenvalue weighted by Gasteiger charge is -2.33. The molecule has 0 saturated heterocycles. The third-order valence-electron chi connectivity index (χ3n) is 11.8. The summed E-state index contributed by atoms with van der Waals surface area (Å²) in [5.74, 6) is 1.69. The van der Waals surface area contributed by atoms with Crippen molar-refractivity contribution in [1.82, 2.24) is 4.57 Å². The van der Waals surface area contributed by atoms with Gasteiger partial charge in [0.05, 0.1) is 22.4 Å². The molecule has 2 heterocycles. The first-order valence-electron chi connectivity index (χ1n) is 19.5. The van der Waals surface area contributed by atoms with Crippen LogP contribution in [0.25, 0.3) is 82.1 Å². The average molecular weight is 727 g/mol. The molecular weight excluding hydrogens is 693 g/mol. The maximum Gasteiger partial charge on any atom is 0.152 e. The van der Waals surface area contributed by atoms with Crippen LogP contribution in [0.2, 0.25) is 0 Å². The van der Waals surface area contributed by atoms with Gasteiger partial charge in [-0.3, -0.25) is 0 Å². The topological polar surface area (TPSA) is 17.4 Å². The molecule has 3 heteroatoms. The summed E-state index contributed by atoms with van der Waals surface area (Å²) in [6.07, 6.45) is 0. The lowest BCUT2D eigenvalue weighted by molar-refractivity contribution is 0.477. The Labute approximate surface area is 329 Å². The molecule has 0 amide bonds. The van der Waals surface area contributed by atoms with E-state index in [0.717, 1.165) is 45.4 Å². The number of para-hydroxylation sites is 4. The van der Waals surface area contributed by atoms with Gasteiger partial charge in [0.2, 0.25) is 0 Å². The van der Waals surface area contributed by atoms with Crippen molar-refractivity contribution in [3.05, 3.63) is 206 Å². The van der Waals surface area contributed by atoms with Crippen LogP contribution in [0.4, 0.5) is 17.1 Å². The zero-order valence-corrected chi connectivity index (χ0v) is 30.9. The van der Waals surface area contributed by atoms with E-state index in [1.54, 1.807) is 0 Å². The van der Waals surface area contributed by atoms with Crippen LogP contribution >= 0.6 is 0 Å². The Kier molecular flexibility index (Phi) is 6.93. The van der Waals surface area contributed by atoms with Gasteiger partial charge < -0.3 is 14.2 Å². The van der Waals surface area contributed by atoms with Crippen LogP contribution in [0.5, 0.6) is 11.5 Å². The molecule has 3 nitrogen and oxygen atoms in total. The second kappa shape index (κ2) is 12.5. The maximum atomic E-state index is 6.51. The van der Waals surface area contributed by atoms with Crippen molar-refractivity contribution in [1.29, 1.82) is 0 Å². The summed E-state index contributed by atoms with van der Waals surface area (Å²) in [4.78, 5) is 2.28. The third-order valence-corrected chi connectivity index (χ3v) is 11.8. The lowest BCUT2D eigenvalue weighted by Crippen LogP contribution is -2.15. The molecule has 1 aromatic heterocycles. The summed E-state index contributed by atoms with van der Waals surface area (Å²) in [7, 11) is 0. The molecule has 0 spiro atoms. The van der Waals surface area contributed by atoms with Gasteiger partial charge in [-0.15, -0.1) is 0 Å². The van der Waals surface area contributed by atoms with Crippen molar-refractivity contribution in [2.75, 3.05) is 4.90 Å². The highest BCUT2D eigenvalue weighted by Crippen LogP contribution is 2.51. The summed E-state index contributed by atoms with van der Waals surface area (Å²) < 4.78 is 8.93. The Morgan fingerprint density at radius 1 is 0.281 bits per heavy atom. The number of nitrogens with zero attached hydrogens (tertiary/aromatic N) is 2. The number of hydrogen-bond donors (Lipinski definition) is 0. The van der Waals surface area contributed by atoms with Crippen molar-refractivity contribution < 1.29 is 4.74 Å². The summed E-state index contributed by atoms with van der Waals surface area (Å²) in [5, 5.41) is 10.2. The van der Waals surface area contributed by atoms with Crippen molar-refractivity contribution >= 4 is 71.2 Å². The standard InChI is InChI=1S/C54H34N2O/c1-2-12-39(13-3-1)55-51-20-10-11-21-53(51)57-54-33-38(27-31-52(54)55)36-24-22-35(23-25-36)37-26-30-50-48(32-37)46-18-8-9-19-49(46)56(50)40-28-29-45-43-16-5-4-14-41(43)42-15-6-7-17-44(42)47(45)34-40/h1-34H. The molecule has 1 aliphatic rings. The van der Waals surface area contributed by atoms with Gasteiger partial charge in [-0.25, -0.2) is 0 Å². The number of ether oxygens (including phenoxy) is 1. The predicted octanol–water partition coefficient (Wildman–Crippen LogP) is 15.2. The first-order valence-corrected chi connectivity index (χ1v) is 19.5. The highest BCUT2D eigenvalue weighted by Gasteiger charge is 2.26. The molecule has 1 aliphatic heterocycles. The SMILES string of the molecule is c1ccc(N2c3ccccc3Oc3cc(-c4ccc(-c5ccc6c(c5)c5ccccc5n6-c5ccc6c7ccccc7c7ccccc7c6c5)cc4)ccc32)cc1. The van der Waals surface area contributed by atoms with Crippen molar-refractivity contribution in [2.45, 2.75) is 0 Å². The Morgan fingerprint density at radius 2 is 0.807 bits per heavy atom. The average Bonchev–Trinajstić information content (AvgIpc) is 3.62. The van der Waals surface area contributed by atoms with Gasteiger partial charge in [-0.05, 0) is 121 Å². The van der Waals surface area contributed by atoms with E-state index in [0.29, 0.717) is 0 Å². The van der Waals surface area contributed by atoms with Crippen molar-refractivity contribution in [3.8, 4) is 39.4 Å². The molecule has 0 N–H and O–H groups in total. The van der Waals surface area contributed by atoms with Crippen LogP contribution in [-0.4, -0.2) is 4.57 Å². The van der Waals surface area contributed by atoms with Gasteiger partial charge in [0.15, 0.2) is 11.5 Å². The largest absolute Gasteiger partial charge is 0.453 e. The third kappa shape index (κ3) is 4.92. The molecule has 0 radical (unpaired) electrons. The second-order valence-electron chi connectivity index (χ2n) is 14.9. The van der Waals surface area contributed by atoms with Crippen LogP contribution in [0.15, 0.2) is 206 Å². The fourth-order valence-corrected chi connectivity index (χ4v) is 9.11. The van der Waals surface area contributed by atoms with Crippen molar-refractivity contribution in [2.24, 2.45) is 0 Å². The lowest BCUT2D eigenvalue weighted by atomic mass is 9.94. The van der Waals surface area contributed by atoms with Crippen LogP contribution in [0.3, 0.4) is 0 Å². The molecule has 11 aromatic rings. The van der Waals surface area contributed by atoms with Crippen LogP contribution in [-0.2, 0) is 0 Å². The molecule has 0 unspecified atom stereocenters. The minimum Gasteiger partial charge on any atom is -0.453 e. The molecule has 0 aliphatic carbocycles. The molecule has 0 saturated carbocycles. The summed E-state index contributed by atoms with van der Waals surface area (Å²) >= 11 is 0. The van der Waals surface area contributed by atoms with E-state index < -0.39 is 0 Å². The normalized spacial score (nSPS) is 12.3. The minimum absolute atomic E-state index is 0.842. The van der Waals surface area contributed by atoms with E-state index in [-0.39, 0.29) is 0 Å². The van der Waals surface area contributed by atoms with E-state index in [1.807, 2.05) is 12.1 Å². The Hall–Kier alpha value is -7.62. The summed E-state index contributed by atoms with van der Waals surface area (Å²) in [6.45, 7) is 0. The Balaban J connectivity index is 0.928. The predicted molar refractivity (Wildman–Crippen MR) is 239 cm³/mol. The number of fused-ring (bicyclic) bond motifs is 11. The van der Waals surface area contributed by atoms with Gasteiger partial charge in [-0.1, -0.05) is 140 Å². The number of rotatable bonds is 4. The monoisotopic (exact) mass is 726 g/mol. The van der Waals surface area contributed by atoms with Gasteiger partial charge >= 0.3 is 0 Å². The minimum atomic E-state index is 0.842. The van der Waals surface area contributed by atoms with Crippen molar-refractivity contribution in [3.63, 3.8) is 0 Å². The molecule has 10 aromatic carbocycles. The Morgan fingerprint density at radius 3 is 1.54 bits per heavy atom. The molecule has 0 bridgehead atoms. The van der Waals surface area contributed by atoms with E-state index in [1.165, 1.54) is 65.3 Å². The number of aromatic nitrogens is 1. The summed E-state index contributed by atoms with van der Waals surface area (Å²) in [6, 6.07) is 74.4. The zero-order valence-electron chi connectivity index (χ0n) is 30.9. The quantitative estimate of drug-likeness (QED) is 0.168. The molecule has 0 fully saturated rings. The highest BCUT2D eigenvalue weighted by molar-refractivity contribution is 6.25. The van der Waals surface area contributed by atoms with E-state index in [9.17, 15) is 0 Å². The van der Waals surface area contributed by atoms with Gasteiger partial charge in [0.1, 0.15) is 0 Å². The zero-order chi connectivity index (χ0) is 37.5. The second-order valence-corrected chi connectivity index (χ2v) is 14.9. The van der Waals surface area contributed by atoms with Gasteiger partial charge in [0, 0.05) is 22.1 Å². The van der Waals surface area contributed by atoms with E-state index >= 15 is 0 Å². The number of benzene rings is 10. The summed E-state index contributed by atoms with van der Waals surface area (Å²) in [5.41, 5.74) is 11.4. The molecule has 57 heavy (non-hydrogen) atoms. The van der Waals surface area contributed by atoms with E-state index in [2.05, 4.69) is 204 Å². The fourth-order valence-electron chi connectivity index (χ4n) is 9.11. The van der Waals surface area contributed by atoms with Crippen LogP contribution in [0, 0.1) is 0 Å². The molecular formula is C54H34N2O. The Bertz CT molecular complexity index is 3340. The van der Waals surface area contributed by atoms with Crippen LogP contribution < -0.4 is 9.64 Å². The number of hydrogen-bond acceptors (Lipinski definition) is 2. The smallest absolute Gasteiger partial charge is 0.152 e. The number of anilines is 3. The molecule has 266 valence electrons. The first kappa shape index (κ1) is 31.7. The molecule has 12 rings (SSSR count). The highest BCUT2D eigenvalue weighted by atomic mass is 16.5. The maximum absolute atomic E-state index is 6.51. The first-order chi connectivity index (χ1) is 28.3. The van der Waals surface area contributed by atoms with Crippen LogP contribution in [0.1, 0.15) is 0 Å². The van der Waals surface area contributed by atoms with Gasteiger partial charge in [0.25, 0.3) is 0 Å².